The Bertz CT molecular complexity index is 3400. The number of benzene rings is 6. The van der Waals surface area contributed by atoms with Crippen LogP contribution in [0.5, 0.6) is 0 Å². The lowest BCUT2D eigenvalue weighted by Gasteiger charge is -2.47. The Morgan fingerprint density at radius 1 is 0.385 bits per heavy atom. The molecule has 25 heteroatoms. The SMILES string of the molecule is CCCO[C@H]1OC(COP(=O)(O)C[C@H]2OC(COP(=O)(O)C[C@H]3OC(CO)[C@@H](OCc4ccccc4)[C@H](OCc4ccccc4)C3NC(C)=O)[C@H](OCc3ccccc3)[C@H](OCc3ccccc3)C2NC(C)=O)[C@H](OCc2ccccc2)[C@@H](OCc2ccccc2)C1NC(C)=O. The maximum absolute atomic E-state index is 15.1. The van der Waals surface area contributed by atoms with Crippen molar-refractivity contribution in [3.63, 3.8) is 0 Å². The van der Waals surface area contributed by atoms with Crippen LogP contribution >= 0.6 is 15.2 Å². The van der Waals surface area contributed by atoms with Gasteiger partial charge >= 0.3 is 15.2 Å². The van der Waals surface area contributed by atoms with Gasteiger partial charge in [-0.2, -0.15) is 0 Å². The van der Waals surface area contributed by atoms with Crippen LogP contribution in [0.25, 0.3) is 0 Å². The van der Waals surface area contributed by atoms with Crippen LogP contribution in [-0.4, -0.2) is 163 Å². The lowest BCUT2D eigenvalue weighted by atomic mass is 9.92. The van der Waals surface area contributed by atoms with E-state index in [9.17, 15) is 33.8 Å². The molecule has 518 valence electrons. The Kier molecular flexibility index (Phi) is 28.4. The van der Waals surface area contributed by atoms with Gasteiger partial charge in [0.25, 0.3) is 0 Å². The lowest BCUT2D eigenvalue weighted by molar-refractivity contribution is -0.287. The van der Waals surface area contributed by atoms with Crippen molar-refractivity contribution < 1.29 is 94.8 Å². The molecule has 0 saturated carbocycles. The van der Waals surface area contributed by atoms with E-state index < -0.39 is 157 Å². The maximum Gasteiger partial charge on any atom is 0.330 e. The first-order valence-corrected chi connectivity index (χ1v) is 35.8. The second kappa shape index (κ2) is 37.0. The van der Waals surface area contributed by atoms with E-state index in [0.29, 0.717) is 6.42 Å². The fourth-order valence-corrected chi connectivity index (χ4v) is 14.5. The number of rotatable bonds is 35. The molecular formula is C71H89N3O20P2. The van der Waals surface area contributed by atoms with Crippen molar-refractivity contribution in [3.8, 4) is 0 Å². The number of hydrogen-bond donors (Lipinski definition) is 6. The van der Waals surface area contributed by atoms with Crippen LogP contribution in [0, 0.1) is 0 Å². The third-order valence-electron chi connectivity index (χ3n) is 16.4. The third-order valence-corrected chi connectivity index (χ3v) is 19.2. The molecule has 0 spiro atoms. The summed E-state index contributed by atoms with van der Waals surface area (Å²) in [5.74, 6) is -1.47. The van der Waals surface area contributed by atoms with Crippen molar-refractivity contribution >= 4 is 32.9 Å². The molecule has 0 radical (unpaired) electrons. The Hall–Kier alpha value is -6.41. The van der Waals surface area contributed by atoms with E-state index in [1.54, 1.807) is 0 Å². The summed E-state index contributed by atoms with van der Waals surface area (Å²) in [6.45, 7) is 4.23. The molecule has 9 rings (SSSR count). The van der Waals surface area contributed by atoms with Crippen LogP contribution in [0.15, 0.2) is 182 Å². The fourth-order valence-electron chi connectivity index (χ4n) is 12.0. The largest absolute Gasteiger partial charge is 0.394 e. The molecule has 3 fully saturated rings. The van der Waals surface area contributed by atoms with Crippen molar-refractivity contribution in [2.24, 2.45) is 0 Å². The van der Waals surface area contributed by atoms with Gasteiger partial charge in [0, 0.05) is 27.4 Å². The van der Waals surface area contributed by atoms with Gasteiger partial charge in [0.2, 0.25) is 17.7 Å². The molecule has 0 aromatic heterocycles. The number of carbonyl (C=O) groups is 3. The maximum atomic E-state index is 15.1. The monoisotopic (exact) mass is 1370 g/mol. The van der Waals surface area contributed by atoms with Crippen molar-refractivity contribution in [1.82, 2.24) is 16.0 Å². The van der Waals surface area contributed by atoms with Crippen LogP contribution in [0.3, 0.4) is 0 Å². The molecule has 0 aliphatic carbocycles. The van der Waals surface area contributed by atoms with Crippen molar-refractivity contribution in [2.45, 2.75) is 165 Å². The average molecular weight is 1370 g/mol. The molecule has 17 atom stereocenters. The number of nitrogens with one attached hydrogen (secondary N) is 3. The van der Waals surface area contributed by atoms with E-state index in [4.69, 9.17) is 56.4 Å². The highest BCUT2D eigenvalue weighted by Crippen LogP contribution is 2.49. The topological polar surface area (TPSA) is 293 Å². The van der Waals surface area contributed by atoms with Crippen LogP contribution in [0.2, 0.25) is 0 Å². The summed E-state index contributed by atoms with van der Waals surface area (Å²) in [5, 5.41) is 19.7. The standard InChI is InChI=1S/C71H89N3O20P2/c1-5-36-83-71-64(74-50(4)78)70(89-43-56-34-22-11-23-35-56)67(86-40-53-28-16-8-17-29-53)59(94-71)45-91-96(81,82)47-61-63(73-49(3)77)69(88-42-55-32-20-10-21-33-55)66(85-39-52-26-14-7-15-27-52)58(93-61)44-90-95(79,80)46-60-62(72-48(2)76)68(87-41-54-30-18-9-19-31-54)65(57(37-75)92-60)84-38-51-24-12-6-13-25-51/h6-35,57-71,75H,5,36-47H2,1-4H3,(H,72,76)(H,73,77)(H,74,78)(H,79,80)(H,81,82)/t57?,58?,59?,60-,61-,62?,63?,64?,65-,66+,67+,68-,69-,70+,71+/m1/s1. The predicted molar refractivity (Wildman–Crippen MR) is 354 cm³/mol. The minimum atomic E-state index is -4.95. The van der Waals surface area contributed by atoms with E-state index in [-0.39, 0.29) is 46.2 Å². The van der Waals surface area contributed by atoms with Gasteiger partial charge in [0.15, 0.2) is 6.29 Å². The highest BCUT2D eigenvalue weighted by atomic mass is 31.2. The number of aliphatic hydroxyl groups excluding tert-OH is 1. The number of amides is 3. The molecule has 96 heavy (non-hydrogen) atoms. The van der Waals surface area contributed by atoms with Crippen molar-refractivity contribution in [2.75, 3.05) is 38.8 Å². The first kappa shape index (κ1) is 73.8. The molecule has 3 saturated heterocycles. The molecule has 6 aromatic carbocycles. The Labute approximate surface area is 560 Å². The molecule has 3 heterocycles. The first-order chi connectivity index (χ1) is 46.4. The number of ether oxygens (including phenoxy) is 10. The van der Waals surface area contributed by atoms with E-state index in [0.717, 1.165) is 33.4 Å². The molecular weight excluding hydrogens is 1280 g/mol. The van der Waals surface area contributed by atoms with Crippen LogP contribution in [0.1, 0.15) is 67.5 Å². The van der Waals surface area contributed by atoms with Gasteiger partial charge in [0.05, 0.1) is 96.1 Å². The summed E-state index contributed by atoms with van der Waals surface area (Å²) in [6.07, 6.45) is -15.2. The Morgan fingerprint density at radius 2 is 0.656 bits per heavy atom. The molecule has 3 aliphatic heterocycles. The quantitative estimate of drug-likeness (QED) is 0.0205. The zero-order chi connectivity index (χ0) is 67.9. The first-order valence-electron chi connectivity index (χ1n) is 32.3. The highest BCUT2D eigenvalue weighted by Gasteiger charge is 2.54. The molecule has 3 aliphatic rings. The normalized spacial score (nSPS) is 27.1. The smallest absolute Gasteiger partial charge is 0.330 e. The molecule has 8 unspecified atom stereocenters. The van der Waals surface area contributed by atoms with Crippen molar-refractivity contribution in [3.05, 3.63) is 215 Å². The minimum absolute atomic E-state index is 0.0335. The Morgan fingerprint density at radius 3 is 0.958 bits per heavy atom. The average Bonchev–Trinajstić information content (AvgIpc) is 0.793. The summed E-state index contributed by atoms with van der Waals surface area (Å²) in [5.41, 5.74) is 4.64. The van der Waals surface area contributed by atoms with Gasteiger partial charge in [-0.3, -0.25) is 23.5 Å². The molecule has 23 nitrogen and oxygen atoms in total. The second-order valence-electron chi connectivity index (χ2n) is 24.0. The van der Waals surface area contributed by atoms with Gasteiger partial charge in [-0.1, -0.05) is 189 Å². The third kappa shape index (κ3) is 22.3. The van der Waals surface area contributed by atoms with E-state index >= 15 is 4.57 Å². The number of hydrogen-bond acceptors (Lipinski definition) is 18. The molecule has 0 bridgehead atoms. The number of carbonyl (C=O) groups excluding carboxylic acids is 3. The number of aliphatic hydroxyl groups is 1. The summed E-state index contributed by atoms with van der Waals surface area (Å²) >= 11 is 0. The predicted octanol–water partition coefficient (Wildman–Crippen LogP) is 8.10. The molecule has 6 aromatic rings. The zero-order valence-corrected chi connectivity index (χ0v) is 56.1. The summed E-state index contributed by atoms with van der Waals surface area (Å²) in [4.78, 5) is 64.1. The fraction of sp³-hybridized carbons (Fsp3) is 0.451. The van der Waals surface area contributed by atoms with Gasteiger partial charge in [-0.15, -0.1) is 0 Å². The van der Waals surface area contributed by atoms with E-state index in [2.05, 4.69) is 16.0 Å². The van der Waals surface area contributed by atoms with Crippen LogP contribution in [-0.2, 0) is 120 Å². The highest BCUT2D eigenvalue weighted by molar-refractivity contribution is 7.53. The second-order valence-corrected chi connectivity index (χ2v) is 27.8. The minimum Gasteiger partial charge on any atom is -0.394 e. The van der Waals surface area contributed by atoms with Gasteiger partial charge in [-0.05, 0) is 39.8 Å². The van der Waals surface area contributed by atoms with E-state index in [1.165, 1.54) is 20.8 Å². The summed E-state index contributed by atoms with van der Waals surface area (Å²) < 4.78 is 108. The van der Waals surface area contributed by atoms with Gasteiger partial charge < -0.3 is 87.3 Å². The van der Waals surface area contributed by atoms with Gasteiger partial charge in [-0.25, -0.2) is 0 Å². The molecule has 3 amide bonds. The van der Waals surface area contributed by atoms with Crippen molar-refractivity contribution in [1.29, 1.82) is 0 Å². The lowest BCUT2D eigenvalue weighted by Crippen LogP contribution is -2.66. The summed E-state index contributed by atoms with van der Waals surface area (Å²) in [6, 6.07) is 52.2. The molecule has 6 N–H and O–H groups in total. The zero-order valence-electron chi connectivity index (χ0n) is 54.3. The summed E-state index contributed by atoms with van der Waals surface area (Å²) in [7, 11) is -9.87. The Balaban J connectivity index is 1.02. The van der Waals surface area contributed by atoms with Gasteiger partial charge in [0.1, 0.15) is 61.0 Å². The van der Waals surface area contributed by atoms with Crippen LogP contribution in [0.4, 0.5) is 0 Å². The van der Waals surface area contributed by atoms with E-state index in [1.807, 2.05) is 189 Å². The van der Waals surface area contributed by atoms with Crippen LogP contribution < -0.4 is 16.0 Å².